The van der Waals surface area contributed by atoms with Gasteiger partial charge in [0.1, 0.15) is 0 Å². The topological polar surface area (TPSA) is 117 Å². The maximum Gasteiger partial charge on any atom is 0.414 e. The highest BCUT2D eigenvalue weighted by molar-refractivity contribution is 7.91. The van der Waals surface area contributed by atoms with Gasteiger partial charge in [-0.2, -0.15) is 0 Å². The van der Waals surface area contributed by atoms with Crippen LogP contribution in [0.5, 0.6) is 5.88 Å². The highest BCUT2D eigenvalue weighted by atomic mass is 32.2. The van der Waals surface area contributed by atoms with E-state index in [0.29, 0.717) is 0 Å². The summed E-state index contributed by atoms with van der Waals surface area (Å²) >= 11 is 0. The zero-order valence-electron chi connectivity index (χ0n) is 10.3. The van der Waals surface area contributed by atoms with Crippen molar-refractivity contribution in [1.82, 2.24) is 5.16 Å². The molecule has 0 fully saturated rings. The van der Waals surface area contributed by atoms with Gasteiger partial charge in [-0.05, 0) is 17.0 Å². The number of hydrogen-bond donors (Lipinski definition) is 1. The summed E-state index contributed by atoms with van der Waals surface area (Å²) in [6.45, 7) is -0.115. The molecule has 0 spiro atoms. The predicted molar refractivity (Wildman–Crippen MR) is 64.6 cm³/mol. The van der Waals surface area contributed by atoms with Crippen LogP contribution < -0.4 is 9.64 Å². The molecule has 0 aliphatic carbocycles. The molecule has 1 aromatic heterocycles. The summed E-state index contributed by atoms with van der Waals surface area (Å²) in [5.74, 6) is -0.419. The lowest BCUT2D eigenvalue weighted by Gasteiger charge is -2.02. The van der Waals surface area contributed by atoms with Crippen molar-refractivity contribution in [2.45, 2.75) is 16.3 Å². The van der Waals surface area contributed by atoms with Gasteiger partial charge < -0.3 is 15.1 Å². The number of aliphatic hydroxyl groups excluding tert-OH is 1. The number of nitrogens with zero attached hydrogens (tertiary/aromatic N) is 2. The third-order valence-corrected chi connectivity index (χ3v) is 4.12. The van der Waals surface area contributed by atoms with Crippen molar-refractivity contribution in [1.29, 1.82) is 0 Å². The molecule has 0 aliphatic heterocycles. The molecule has 0 atom stereocenters. The van der Waals surface area contributed by atoms with Crippen LogP contribution in [0, 0.1) is 5.21 Å². The second-order valence-electron chi connectivity index (χ2n) is 3.78. The van der Waals surface area contributed by atoms with E-state index in [1.54, 1.807) is 6.07 Å². The summed E-state index contributed by atoms with van der Waals surface area (Å²) in [5, 5.41) is 22.7. The van der Waals surface area contributed by atoms with Crippen LogP contribution in [0.1, 0.15) is 6.42 Å². The van der Waals surface area contributed by atoms with Gasteiger partial charge >= 0.3 is 10.9 Å². The second kappa shape index (κ2) is 5.88. The molecule has 8 nitrogen and oxygen atoms in total. The molecule has 0 saturated heterocycles. The quantitative estimate of drug-likeness (QED) is 0.585. The van der Waals surface area contributed by atoms with Crippen molar-refractivity contribution in [3.63, 3.8) is 0 Å². The average Bonchev–Trinajstić information content (AvgIpc) is 2.82. The normalized spacial score (nSPS) is 11.4. The Hall–Kier alpha value is -2.13. The molecule has 1 heterocycles. The number of sulfone groups is 1. The largest absolute Gasteiger partial charge is 0.454 e. The highest BCUT2D eigenvalue weighted by Gasteiger charge is 2.35. The Morgan fingerprint density at radius 2 is 2.05 bits per heavy atom. The lowest BCUT2D eigenvalue weighted by atomic mass is 10.4. The summed E-state index contributed by atoms with van der Waals surface area (Å²) in [6.07, 6.45) is 0.274. The smallest absolute Gasteiger partial charge is 0.414 e. The molecule has 0 bridgehead atoms. The Morgan fingerprint density at radius 1 is 1.35 bits per heavy atom. The number of rotatable bonds is 6. The number of ether oxygens (including phenoxy) is 1. The third kappa shape index (κ3) is 2.73. The zero-order valence-corrected chi connectivity index (χ0v) is 11.1. The van der Waals surface area contributed by atoms with Gasteiger partial charge in [-0.15, -0.1) is 0 Å². The number of aromatic nitrogens is 2. The predicted octanol–water partition coefficient (Wildman–Crippen LogP) is -0.0980. The van der Waals surface area contributed by atoms with Crippen LogP contribution in [-0.4, -0.2) is 31.9 Å². The molecular weight excluding hydrogens is 288 g/mol. The van der Waals surface area contributed by atoms with Gasteiger partial charge in [0.25, 0.3) is 9.84 Å². The molecule has 0 radical (unpaired) electrons. The van der Waals surface area contributed by atoms with Crippen LogP contribution >= 0.6 is 0 Å². The van der Waals surface area contributed by atoms with E-state index in [1.165, 1.54) is 24.3 Å². The first-order valence-electron chi connectivity index (χ1n) is 5.71. The van der Waals surface area contributed by atoms with Crippen LogP contribution in [0.3, 0.4) is 0 Å². The highest BCUT2D eigenvalue weighted by Crippen LogP contribution is 2.24. The summed E-state index contributed by atoms with van der Waals surface area (Å²) in [6, 6.07) is 7.40. The Bertz CT molecular complexity index is 667. The lowest BCUT2D eigenvalue weighted by molar-refractivity contribution is -0.832. The summed E-state index contributed by atoms with van der Waals surface area (Å²) < 4.78 is 34.0. The van der Waals surface area contributed by atoms with E-state index in [9.17, 15) is 13.6 Å². The van der Waals surface area contributed by atoms with Crippen molar-refractivity contribution in [2.75, 3.05) is 13.2 Å². The monoisotopic (exact) mass is 300 g/mol. The number of benzene rings is 1. The first kappa shape index (κ1) is 14.3. The van der Waals surface area contributed by atoms with Gasteiger partial charge in [0, 0.05) is 13.0 Å². The van der Waals surface area contributed by atoms with Crippen LogP contribution in [0.4, 0.5) is 0 Å². The van der Waals surface area contributed by atoms with Crippen LogP contribution in [-0.2, 0) is 9.84 Å². The Labute approximate surface area is 114 Å². The number of aliphatic hydroxyl groups is 1. The van der Waals surface area contributed by atoms with E-state index in [0.717, 1.165) is 0 Å². The minimum absolute atomic E-state index is 0.0142. The van der Waals surface area contributed by atoms with Gasteiger partial charge in [-0.3, -0.25) is 4.63 Å². The van der Waals surface area contributed by atoms with Crippen LogP contribution in [0.2, 0.25) is 0 Å². The van der Waals surface area contributed by atoms with E-state index in [-0.39, 0.29) is 29.4 Å². The minimum atomic E-state index is -4.09. The van der Waals surface area contributed by atoms with Crippen molar-refractivity contribution in [3.05, 3.63) is 35.5 Å². The number of hydrogen-bond acceptors (Lipinski definition) is 7. The van der Waals surface area contributed by atoms with Crippen LogP contribution in [0.15, 0.2) is 44.9 Å². The van der Waals surface area contributed by atoms with Gasteiger partial charge in [0.2, 0.25) is 0 Å². The fourth-order valence-corrected chi connectivity index (χ4v) is 2.77. The van der Waals surface area contributed by atoms with Crippen molar-refractivity contribution in [3.8, 4) is 5.88 Å². The van der Waals surface area contributed by atoms with E-state index in [1.807, 2.05) is 0 Å². The molecule has 0 saturated carbocycles. The van der Waals surface area contributed by atoms with E-state index in [4.69, 9.17) is 9.84 Å². The average molecular weight is 300 g/mol. The van der Waals surface area contributed by atoms with Gasteiger partial charge in [-0.1, -0.05) is 18.2 Å². The Kier molecular flexibility index (Phi) is 4.20. The minimum Gasteiger partial charge on any atom is -0.454 e. The SMILES string of the molecule is O=S(=O)(c1ccccc1)c1c(OCCCO)no[n+]1[O-]. The molecule has 9 heteroatoms. The van der Waals surface area contributed by atoms with E-state index in [2.05, 4.69) is 9.79 Å². The van der Waals surface area contributed by atoms with Crippen molar-refractivity contribution in [2.24, 2.45) is 0 Å². The van der Waals surface area contributed by atoms with E-state index < -0.39 is 20.7 Å². The fourth-order valence-electron chi connectivity index (χ4n) is 1.47. The molecule has 20 heavy (non-hydrogen) atoms. The first-order valence-corrected chi connectivity index (χ1v) is 7.19. The molecule has 108 valence electrons. The molecule has 0 amide bonds. The van der Waals surface area contributed by atoms with Gasteiger partial charge in [0.05, 0.1) is 16.7 Å². The molecule has 1 aromatic carbocycles. The molecule has 0 aliphatic rings. The molecule has 2 aromatic rings. The van der Waals surface area contributed by atoms with E-state index >= 15 is 0 Å². The van der Waals surface area contributed by atoms with Crippen molar-refractivity contribution < 1.29 is 27.8 Å². The fraction of sp³-hybridized carbons (Fsp3) is 0.273. The summed E-state index contributed by atoms with van der Waals surface area (Å²) in [7, 11) is -4.09. The molecule has 0 unspecified atom stereocenters. The Morgan fingerprint density at radius 3 is 2.70 bits per heavy atom. The molecular formula is C11H12N2O6S. The standard InChI is InChI=1S/C11H12N2O6S/c14-7-4-8-18-10-11(13(15)19-12-10)20(16,17)9-5-2-1-3-6-9/h1-3,5-6,14H,4,7-8H2. The molecule has 1 N–H and O–H groups in total. The maximum atomic E-state index is 12.3. The second-order valence-corrected chi connectivity index (χ2v) is 5.65. The first-order chi connectivity index (χ1) is 9.57. The van der Waals surface area contributed by atoms with Gasteiger partial charge in [-0.25, -0.2) is 8.42 Å². The molecule has 2 rings (SSSR count). The summed E-state index contributed by atoms with van der Waals surface area (Å²) in [5.41, 5.74) is 0. The lowest BCUT2D eigenvalue weighted by Crippen LogP contribution is -2.31. The zero-order chi connectivity index (χ0) is 14.6. The van der Waals surface area contributed by atoms with Crippen molar-refractivity contribution >= 4 is 9.84 Å². The summed E-state index contributed by atoms with van der Waals surface area (Å²) in [4.78, 5) is -0.281. The van der Waals surface area contributed by atoms with Crippen LogP contribution in [0.25, 0.3) is 0 Å². The Balaban J connectivity index is 2.39. The maximum absolute atomic E-state index is 12.3. The van der Waals surface area contributed by atoms with Gasteiger partial charge in [0.15, 0.2) is 0 Å². The third-order valence-electron chi connectivity index (χ3n) is 2.40.